The second-order valence-corrected chi connectivity index (χ2v) is 5.34. The first-order chi connectivity index (χ1) is 9.26. The molecule has 3 rings (SSSR count). The van der Waals surface area contributed by atoms with Gasteiger partial charge in [-0.1, -0.05) is 19.3 Å². The van der Waals surface area contributed by atoms with Gasteiger partial charge in [-0.05, 0) is 18.9 Å². The molecule has 1 fully saturated rings. The monoisotopic (exact) mass is 261 g/mol. The molecule has 1 aromatic rings. The number of H-pyrrole nitrogens is 1. The lowest BCUT2D eigenvalue weighted by molar-refractivity contribution is -0.156. The van der Waals surface area contributed by atoms with Crippen LogP contribution in [0.5, 0.6) is 0 Å². The second kappa shape index (κ2) is 4.72. The number of nitrogens with zero attached hydrogens (tertiary/aromatic N) is 2. The number of hydrogen-bond donors (Lipinski definition) is 1. The minimum Gasteiger partial charge on any atom is -0.467 e. The molecular formula is C14H19N3O2. The van der Waals surface area contributed by atoms with Gasteiger partial charge in [0.25, 0.3) is 0 Å². The van der Waals surface area contributed by atoms with Crippen LogP contribution in [0.3, 0.4) is 0 Å². The van der Waals surface area contributed by atoms with E-state index in [1.807, 2.05) is 18.5 Å². The van der Waals surface area contributed by atoms with Gasteiger partial charge in [-0.3, -0.25) is 5.10 Å². The highest BCUT2D eigenvalue weighted by atomic mass is 16.5. The molecule has 19 heavy (non-hydrogen) atoms. The van der Waals surface area contributed by atoms with E-state index < -0.39 is 5.54 Å². The van der Waals surface area contributed by atoms with Gasteiger partial charge in [0.2, 0.25) is 0 Å². The number of aromatic amines is 1. The molecule has 1 saturated carbocycles. The summed E-state index contributed by atoms with van der Waals surface area (Å²) in [6.07, 6.45) is 10.9. The van der Waals surface area contributed by atoms with Gasteiger partial charge >= 0.3 is 5.97 Å². The number of methoxy groups -OCH3 is 1. The van der Waals surface area contributed by atoms with Crippen molar-refractivity contribution in [1.82, 2.24) is 15.1 Å². The van der Waals surface area contributed by atoms with Gasteiger partial charge in [0.05, 0.1) is 19.0 Å². The van der Waals surface area contributed by atoms with Crippen LogP contribution in [0.15, 0.2) is 12.4 Å². The summed E-state index contributed by atoms with van der Waals surface area (Å²) in [7, 11) is 1.48. The highest BCUT2D eigenvalue weighted by Gasteiger charge is 2.45. The number of aromatic nitrogens is 2. The molecule has 2 heterocycles. The van der Waals surface area contributed by atoms with E-state index in [9.17, 15) is 4.79 Å². The standard InChI is InChI=1S/C14H19N3O2/c1-19-13(18)14(6-3-2-4-7-14)17-8-5-12-11(10-17)9-15-16-12/h5,8-9H,2-4,6-7,10H2,1H3,(H,15,16). The van der Waals surface area contributed by atoms with Crippen LogP contribution >= 0.6 is 0 Å². The van der Waals surface area contributed by atoms with Crippen LogP contribution in [0.25, 0.3) is 6.08 Å². The first-order valence-electron chi connectivity index (χ1n) is 6.82. The molecule has 1 aromatic heterocycles. The number of carbonyl (C=O) groups is 1. The lowest BCUT2D eigenvalue weighted by atomic mass is 9.79. The van der Waals surface area contributed by atoms with E-state index in [1.54, 1.807) is 0 Å². The molecule has 1 N–H and O–H groups in total. The van der Waals surface area contributed by atoms with Gasteiger partial charge in [-0.15, -0.1) is 0 Å². The third kappa shape index (κ3) is 1.93. The zero-order valence-electron chi connectivity index (χ0n) is 11.2. The van der Waals surface area contributed by atoms with Crippen LogP contribution in [-0.4, -0.2) is 33.7 Å². The van der Waals surface area contributed by atoms with E-state index in [0.29, 0.717) is 0 Å². The van der Waals surface area contributed by atoms with E-state index >= 15 is 0 Å². The fraction of sp³-hybridized carbons (Fsp3) is 0.571. The Morgan fingerprint density at radius 2 is 2.21 bits per heavy atom. The van der Waals surface area contributed by atoms with Gasteiger partial charge in [-0.2, -0.15) is 5.10 Å². The van der Waals surface area contributed by atoms with Crippen LogP contribution in [0, 0.1) is 0 Å². The van der Waals surface area contributed by atoms with E-state index in [1.165, 1.54) is 13.5 Å². The third-order valence-electron chi connectivity index (χ3n) is 4.31. The fourth-order valence-corrected chi connectivity index (χ4v) is 3.22. The lowest BCUT2D eigenvalue weighted by Gasteiger charge is -2.44. The molecular weight excluding hydrogens is 242 g/mol. The predicted molar refractivity (Wildman–Crippen MR) is 71.0 cm³/mol. The molecule has 0 aromatic carbocycles. The zero-order chi connectivity index (χ0) is 13.3. The Bertz CT molecular complexity index is 501. The Morgan fingerprint density at radius 3 is 2.95 bits per heavy atom. The van der Waals surface area contributed by atoms with Gasteiger partial charge in [0, 0.05) is 18.3 Å². The normalized spacial score (nSPS) is 21.0. The average Bonchev–Trinajstić information content (AvgIpc) is 2.94. The molecule has 0 atom stereocenters. The van der Waals surface area contributed by atoms with Crippen molar-refractivity contribution in [1.29, 1.82) is 0 Å². The summed E-state index contributed by atoms with van der Waals surface area (Å²) < 4.78 is 5.08. The van der Waals surface area contributed by atoms with Gasteiger partial charge < -0.3 is 9.64 Å². The van der Waals surface area contributed by atoms with Crippen molar-refractivity contribution in [2.24, 2.45) is 0 Å². The Hall–Kier alpha value is -1.78. The Kier molecular flexibility index (Phi) is 3.05. The number of carbonyl (C=O) groups excluding carboxylic acids is 1. The first-order valence-corrected chi connectivity index (χ1v) is 6.82. The third-order valence-corrected chi connectivity index (χ3v) is 4.31. The summed E-state index contributed by atoms with van der Waals surface area (Å²) in [5.41, 5.74) is 1.68. The average molecular weight is 261 g/mol. The number of hydrogen-bond acceptors (Lipinski definition) is 4. The van der Waals surface area contributed by atoms with Crippen LogP contribution in [0.4, 0.5) is 0 Å². The molecule has 2 aliphatic rings. The van der Waals surface area contributed by atoms with Gasteiger partial charge in [-0.25, -0.2) is 4.79 Å². The van der Waals surface area contributed by atoms with E-state index in [-0.39, 0.29) is 5.97 Å². The topological polar surface area (TPSA) is 58.2 Å². The maximum Gasteiger partial charge on any atom is 0.331 e. The quantitative estimate of drug-likeness (QED) is 0.828. The van der Waals surface area contributed by atoms with Crippen molar-refractivity contribution < 1.29 is 9.53 Å². The van der Waals surface area contributed by atoms with E-state index in [4.69, 9.17) is 4.74 Å². The van der Waals surface area contributed by atoms with Crippen LogP contribution < -0.4 is 0 Å². The molecule has 102 valence electrons. The maximum atomic E-state index is 12.3. The summed E-state index contributed by atoms with van der Waals surface area (Å²) in [5.74, 6) is -0.108. The highest BCUT2D eigenvalue weighted by Crippen LogP contribution is 2.37. The smallest absolute Gasteiger partial charge is 0.331 e. The van der Waals surface area contributed by atoms with Crippen LogP contribution in [0.2, 0.25) is 0 Å². The predicted octanol–water partition coefficient (Wildman–Crippen LogP) is 2.07. The highest BCUT2D eigenvalue weighted by molar-refractivity contribution is 5.81. The number of rotatable bonds is 2. The molecule has 5 heteroatoms. The number of ether oxygens (including phenoxy) is 1. The molecule has 0 spiro atoms. The largest absolute Gasteiger partial charge is 0.467 e. The van der Waals surface area contributed by atoms with Gasteiger partial charge in [0.15, 0.2) is 0 Å². The second-order valence-electron chi connectivity index (χ2n) is 5.34. The number of nitrogens with one attached hydrogen (secondary N) is 1. The minimum atomic E-state index is -0.488. The lowest BCUT2D eigenvalue weighted by Crippen LogP contribution is -2.54. The van der Waals surface area contributed by atoms with Crippen molar-refractivity contribution in [2.75, 3.05) is 7.11 Å². The number of fused-ring (bicyclic) bond motifs is 1. The van der Waals surface area contributed by atoms with Crippen LogP contribution in [-0.2, 0) is 16.1 Å². The molecule has 0 saturated heterocycles. The first kappa shape index (κ1) is 12.3. The Balaban J connectivity index is 1.91. The minimum absolute atomic E-state index is 0.108. The van der Waals surface area contributed by atoms with E-state index in [0.717, 1.165) is 43.5 Å². The molecule has 0 radical (unpaired) electrons. The van der Waals surface area contributed by atoms with Crippen molar-refractivity contribution >= 4 is 12.0 Å². The van der Waals surface area contributed by atoms with Crippen molar-refractivity contribution in [2.45, 2.75) is 44.2 Å². The Labute approximate surface area is 112 Å². The van der Waals surface area contributed by atoms with E-state index in [2.05, 4.69) is 15.1 Å². The summed E-state index contributed by atoms with van der Waals surface area (Å²) in [4.78, 5) is 14.5. The fourth-order valence-electron chi connectivity index (χ4n) is 3.22. The molecule has 1 aliphatic heterocycles. The van der Waals surface area contributed by atoms with Gasteiger partial charge in [0.1, 0.15) is 5.54 Å². The van der Waals surface area contributed by atoms with Crippen molar-refractivity contribution in [3.05, 3.63) is 23.7 Å². The van der Waals surface area contributed by atoms with Crippen LogP contribution in [0.1, 0.15) is 43.4 Å². The summed E-state index contributed by atoms with van der Waals surface area (Å²) >= 11 is 0. The van der Waals surface area contributed by atoms with Crippen molar-refractivity contribution in [3.63, 3.8) is 0 Å². The molecule has 0 bridgehead atoms. The summed E-state index contributed by atoms with van der Waals surface area (Å²) in [5, 5.41) is 7.01. The summed E-state index contributed by atoms with van der Waals surface area (Å²) in [6.45, 7) is 0.720. The Morgan fingerprint density at radius 1 is 1.42 bits per heavy atom. The molecule has 0 unspecified atom stereocenters. The van der Waals surface area contributed by atoms with Crippen molar-refractivity contribution in [3.8, 4) is 0 Å². The maximum absolute atomic E-state index is 12.3. The zero-order valence-corrected chi connectivity index (χ0v) is 11.2. The molecule has 1 aliphatic carbocycles. The molecule has 0 amide bonds. The SMILES string of the molecule is COC(=O)C1(N2C=Cc3[nH]ncc3C2)CCCCC1. The number of esters is 1. The molecule has 5 nitrogen and oxygen atoms in total. The summed E-state index contributed by atoms with van der Waals surface area (Å²) in [6, 6.07) is 0.